The minimum absolute atomic E-state index is 0.0840. The molecule has 36 heavy (non-hydrogen) atoms. The summed E-state index contributed by atoms with van der Waals surface area (Å²) in [6, 6.07) is 26.5. The molecule has 0 saturated heterocycles. The molecule has 3 aromatic carbocycles. The number of ether oxygens (including phenoxy) is 1. The lowest BCUT2D eigenvalue weighted by Gasteiger charge is -2.27. The van der Waals surface area contributed by atoms with Crippen LogP contribution in [0.2, 0.25) is 0 Å². The first kappa shape index (κ1) is 25.0. The van der Waals surface area contributed by atoms with Gasteiger partial charge in [-0.15, -0.1) is 11.3 Å². The van der Waals surface area contributed by atoms with Crippen LogP contribution in [0.4, 0.5) is 11.4 Å². The van der Waals surface area contributed by atoms with Crippen molar-refractivity contribution < 1.29 is 14.3 Å². The fourth-order valence-corrected chi connectivity index (χ4v) is 4.57. The average molecular weight is 500 g/mol. The zero-order valence-corrected chi connectivity index (χ0v) is 21.4. The molecular formula is C29H29N3O3S. The third-order valence-corrected chi connectivity index (χ3v) is 6.63. The highest BCUT2D eigenvalue weighted by molar-refractivity contribution is 7.12. The van der Waals surface area contributed by atoms with Crippen LogP contribution in [0.3, 0.4) is 0 Å². The Kier molecular flexibility index (Phi) is 8.02. The molecule has 0 fully saturated rings. The molecule has 0 saturated carbocycles. The maximum absolute atomic E-state index is 13.7. The van der Waals surface area contributed by atoms with Gasteiger partial charge in [-0.1, -0.05) is 36.4 Å². The number of hydrogen-bond acceptors (Lipinski definition) is 5. The van der Waals surface area contributed by atoms with Gasteiger partial charge in [-0.2, -0.15) is 0 Å². The second-order valence-corrected chi connectivity index (χ2v) is 9.49. The number of nitrogens with one attached hydrogen (secondary N) is 1. The Morgan fingerprint density at radius 1 is 0.889 bits per heavy atom. The quantitative estimate of drug-likeness (QED) is 0.311. The van der Waals surface area contributed by atoms with Gasteiger partial charge in [0.2, 0.25) is 0 Å². The molecule has 0 spiro atoms. The highest BCUT2D eigenvalue weighted by atomic mass is 32.1. The second kappa shape index (κ2) is 11.6. The predicted octanol–water partition coefficient (Wildman–Crippen LogP) is 5.92. The molecule has 0 unspecified atom stereocenters. The van der Waals surface area contributed by atoms with E-state index in [0.717, 1.165) is 16.8 Å². The van der Waals surface area contributed by atoms with Gasteiger partial charge < -0.3 is 19.9 Å². The van der Waals surface area contributed by atoms with Gasteiger partial charge in [0.05, 0.1) is 12.0 Å². The number of nitrogens with zero attached hydrogens (tertiary/aromatic N) is 2. The summed E-state index contributed by atoms with van der Waals surface area (Å²) in [5.41, 5.74) is 4.21. The van der Waals surface area contributed by atoms with E-state index in [1.54, 1.807) is 37.4 Å². The van der Waals surface area contributed by atoms with Crippen LogP contribution >= 0.6 is 11.3 Å². The van der Waals surface area contributed by atoms with E-state index in [2.05, 4.69) is 5.32 Å². The standard InChI is InChI=1S/C29H29N3O3S/c1-31(2)26-16-13-24(30-28(33)27-10-7-17-36-27)18-23(26)20-32(19-21-8-5-4-6-9-21)29(34)22-11-14-25(35-3)15-12-22/h4-18H,19-20H2,1-3H3,(H,30,33). The van der Waals surface area contributed by atoms with Gasteiger partial charge in [-0.05, 0) is 65.0 Å². The molecule has 6 nitrogen and oxygen atoms in total. The molecule has 1 heterocycles. The summed E-state index contributed by atoms with van der Waals surface area (Å²) < 4.78 is 5.25. The van der Waals surface area contributed by atoms with E-state index < -0.39 is 0 Å². The predicted molar refractivity (Wildman–Crippen MR) is 146 cm³/mol. The van der Waals surface area contributed by atoms with Crippen molar-refractivity contribution in [3.8, 4) is 5.75 Å². The topological polar surface area (TPSA) is 61.9 Å². The number of anilines is 2. The molecule has 0 aliphatic rings. The second-order valence-electron chi connectivity index (χ2n) is 8.54. The van der Waals surface area contributed by atoms with Gasteiger partial charge in [0.1, 0.15) is 5.75 Å². The summed E-state index contributed by atoms with van der Waals surface area (Å²) in [4.78, 5) is 30.8. The number of amides is 2. The number of hydrogen-bond donors (Lipinski definition) is 1. The van der Waals surface area contributed by atoms with Crippen LogP contribution in [0.1, 0.15) is 31.2 Å². The van der Waals surface area contributed by atoms with Crippen molar-refractivity contribution in [2.45, 2.75) is 13.1 Å². The fourth-order valence-electron chi connectivity index (χ4n) is 3.95. The number of carbonyl (C=O) groups excluding carboxylic acids is 2. The van der Waals surface area contributed by atoms with E-state index in [1.807, 2.05) is 83.9 Å². The van der Waals surface area contributed by atoms with Gasteiger partial charge in [-0.25, -0.2) is 0 Å². The number of carbonyl (C=O) groups is 2. The molecule has 4 aromatic rings. The molecule has 0 aliphatic carbocycles. The van der Waals surface area contributed by atoms with Crippen molar-refractivity contribution in [2.24, 2.45) is 0 Å². The van der Waals surface area contributed by atoms with Gasteiger partial charge in [0.15, 0.2) is 0 Å². The Labute approximate surface area is 215 Å². The van der Waals surface area contributed by atoms with E-state index in [4.69, 9.17) is 4.74 Å². The third kappa shape index (κ3) is 6.12. The van der Waals surface area contributed by atoms with Gasteiger partial charge >= 0.3 is 0 Å². The summed E-state index contributed by atoms with van der Waals surface area (Å²) in [7, 11) is 5.54. The smallest absolute Gasteiger partial charge is 0.265 e. The fraction of sp³-hybridized carbons (Fsp3) is 0.172. The van der Waals surface area contributed by atoms with Crippen molar-refractivity contribution in [2.75, 3.05) is 31.4 Å². The number of rotatable bonds is 9. The molecule has 1 N–H and O–H groups in total. The maximum Gasteiger partial charge on any atom is 0.265 e. The maximum atomic E-state index is 13.7. The summed E-state index contributed by atoms with van der Waals surface area (Å²) in [6.45, 7) is 0.820. The lowest BCUT2D eigenvalue weighted by molar-refractivity contribution is 0.0730. The molecule has 0 radical (unpaired) electrons. The van der Waals surface area contributed by atoms with Crippen LogP contribution in [0, 0.1) is 0 Å². The van der Waals surface area contributed by atoms with E-state index in [9.17, 15) is 9.59 Å². The minimum Gasteiger partial charge on any atom is -0.497 e. The Bertz CT molecular complexity index is 1300. The van der Waals surface area contributed by atoms with Crippen molar-refractivity contribution >= 4 is 34.5 Å². The van der Waals surface area contributed by atoms with E-state index in [1.165, 1.54) is 11.3 Å². The molecule has 2 amide bonds. The molecule has 0 bridgehead atoms. The van der Waals surface area contributed by atoms with Crippen molar-refractivity contribution in [3.63, 3.8) is 0 Å². The van der Waals surface area contributed by atoms with Crippen LogP contribution in [0.25, 0.3) is 0 Å². The molecular weight excluding hydrogens is 470 g/mol. The monoisotopic (exact) mass is 499 g/mol. The lowest BCUT2D eigenvalue weighted by atomic mass is 10.1. The first-order chi connectivity index (χ1) is 17.4. The molecule has 0 atom stereocenters. The van der Waals surface area contributed by atoms with Crippen LogP contribution in [-0.4, -0.2) is 37.9 Å². The summed E-state index contributed by atoms with van der Waals surface area (Å²) >= 11 is 1.40. The van der Waals surface area contributed by atoms with E-state index in [0.29, 0.717) is 35.0 Å². The highest BCUT2D eigenvalue weighted by Gasteiger charge is 2.20. The van der Waals surface area contributed by atoms with Gasteiger partial charge in [-0.3, -0.25) is 9.59 Å². The molecule has 0 aliphatic heterocycles. The number of methoxy groups -OCH3 is 1. The Morgan fingerprint density at radius 3 is 2.28 bits per heavy atom. The molecule has 184 valence electrons. The first-order valence-corrected chi connectivity index (χ1v) is 12.4. The lowest BCUT2D eigenvalue weighted by Crippen LogP contribution is -2.31. The van der Waals surface area contributed by atoms with Crippen molar-refractivity contribution in [1.29, 1.82) is 0 Å². The van der Waals surface area contributed by atoms with Crippen LogP contribution in [-0.2, 0) is 13.1 Å². The summed E-state index contributed by atoms with van der Waals surface area (Å²) in [5.74, 6) is 0.466. The first-order valence-electron chi connectivity index (χ1n) is 11.6. The van der Waals surface area contributed by atoms with E-state index >= 15 is 0 Å². The van der Waals surface area contributed by atoms with Crippen molar-refractivity contribution in [1.82, 2.24) is 4.90 Å². The van der Waals surface area contributed by atoms with E-state index in [-0.39, 0.29) is 11.8 Å². The van der Waals surface area contributed by atoms with Crippen LogP contribution < -0.4 is 15.0 Å². The van der Waals surface area contributed by atoms with Gasteiger partial charge in [0.25, 0.3) is 11.8 Å². The molecule has 4 rings (SSSR count). The zero-order chi connectivity index (χ0) is 25.5. The zero-order valence-electron chi connectivity index (χ0n) is 20.6. The summed E-state index contributed by atoms with van der Waals surface area (Å²) in [6.07, 6.45) is 0. The minimum atomic E-state index is -0.149. The Hall–Kier alpha value is -4.10. The van der Waals surface area contributed by atoms with Gasteiger partial charge in [0, 0.05) is 44.1 Å². The Balaban J connectivity index is 1.65. The number of thiophene rings is 1. The van der Waals surface area contributed by atoms with Crippen LogP contribution in [0.15, 0.2) is 90.3 Å². The molecule has 7 heteroatoms. The number of benzene rings is 3. The SMILES string of the molecule is COc1ccc(C(=O)N(Cc2ccccc2)Cc2cc(NC(=O)c3cccs3)ccc2N(C)C)cc1. The highest BCUT2D eigenvalue weighted by Crippen LogP contribution is 2.27. The largest absolute Gasteiger partial charge is 0.497 e. The van der Waals surface area contributed by atoms with Crippen LogP contribution in [0.5, 0.6) is 5.75 Å². The Morgan fingerprint density at radius 2 is 1.64 bits per heavy atom. The van der Waals surface area contributed by atoms with Crippen molar-refractivity contribution in [3.05, 3.63) is 112 Å². The molecule has 1 aromatic heterocycles. The normalized spacial score (nSPS) is 10.5. The third-order valence-electron chi connectivity index (χ3n) is 5.77. The average Bonchev–Trinajstić information content (AvgIpc) is 3.44. The summed E-state index contributed by atoms with van der Waals surface area (Å²) in [5, 5.41) is 4.86.